The second kappa shape index (κ2) is 7.44. The predicted octanol–water partition coefficient (Wildman–Crippen LogP) is 4.58. The zero-order valence-electron chi connectivity index (χ0n) is 17.4. The average molecular weight is 405 g/mol. The number of carbonyl (C=O) groups excluding carboxylic acids is 2. The molecule has 0 amide bonds. The summed E-state index contributed by atoms with van der Waals surface area (Å²) in [5.74, 6) is -0.950. The fourth-order valence-electron chi connectivity index (χ4n) is 6.28. The summed E-state index contributed by atoms with van der Waals surface area (Å²) in [7, 11) is 0. The standard InChI is InChI=1S/C26H28O4/c1-18-22-13-12-21(23(27)19-8-4-2-5-9-19)24(28)25(22,20-10-6-3-7-11-20)14-15-26(18)29-16-17-30-26/h2-11,18,21-22H,12-17H2,1H3. The smallest absolute Gasteiger partial charge is 0.173 e. The third kappa shape index (κ3) is 2.81. The molecular weight excluding hydrogens is 376 g/mol. The maximum absolute atomic E-state index is 14.1. The molecule has 4 heteroatoms. The maximum atomic E-state index is 14.1. The van der Waals surface area contributed by atoms with Gasteiger partial charge in [-0.25, -0.2) is 0 Å². The number of hydrogen-bond donors (Lipinski definition) is 0. The first kappa shape index (κ1) is 19.7. The number of benzene rings is 2. The molecule has 0 aromatic heterocycles. The van der Waals surface area contributed by atoms with Crippen molar-refractivity contribution in [3.8, 4) is 0 Å². The molecule has 0 radical (unpaired) electrons. The number of rotatable bonds is 3. The Labute approximate surface area is 177 Å². The van der Waals surface area contributed by atoms with Gasteiger partial charge in [0.25, 0.3) is 0 Å². The largest absolute Gasteiger partial charge is 0.347 e. The number of hydrogen-bond acceptors (Lipinski definition) is 4. The van der Waals surface area contributed by atoms with Crippen LogP contribution in [0.3, 0.4) is 0 Å². The normalized spacial score (nSPS) is 32.7. The second-order valence-electron chi connectivity index (χ2n) is 8.97. The summed E-state index contributed by atoms with van der Waals surface area (Å²) >= 11 is 0. The van der Waals surface area contributed by atoms with E-state index in [2.05, 4.69) is 19.1 Å². The summed E-state index contributed by atoms with van der Waals surface area (Å²) in [6, 6.07) is 19.3. The average Bonchev–Trinajstić information content (AvgIpc) is 3.27. The topological polar surface area (TPSA) is 52.6 Å². The van der Waals surface area contributed by atoms with E-state index in [0.717, 1.165) is 12.0 Å². The van der Waals surface area contributed by atoms with Gasteiger partial charge in [-0.15, -0.1) is 0 Å². The lowest BCUT2D eigenvalue weighted by Gasteiger charge is -2.56. The predicted molar refractivity (Wildman–Crippen MR) is 113 cm³/mol. The van der Waals surface area contributed by atoms with Crippen LogP contribution in [0.4, 0.5) is 0 Å². The Bertz CT molecular complexity index is 932. The molecule has 1 heterocycles. The van der Waals surface area contributed by atoms with Crippen molar-refractivity contribution in [3.63, 3.8) is 0 Å². The van der Waals surface area contributed by atoms with E-state index in [1.54, 1.807) is 0 Å². The van der Waals surface area contributed by atoms with Gasteiger partial charge in [-0.3, -0.25) is 9.59 Å². The van der Waals surface area contributed by atoms with Crippen molar-refractivity contribution in [2.24, 2.45) is 17.8 Å². The van der Waals surface area contributed by atoms with Crippen LogP contribution in [0.15, 0.2) is 60.7 Å². The molecule has 3 aliphatic rings. The van der Waals surface area contributed by atoms with Gasteiger partial charge in [-0.1, -0.05) is 67.6 Å². The SMILES string of the molecule is CC1C2CCC(C(=O)c3ccccc3)C(=O)C2(c2ccccc2)CCC12OCCO2. The van der Waals surface area contributed by atoms with E-state index in [1.165, 1.54) is 0 Å². The first-order valence-corrected chi connectivity index (χ1v) is 11.1. The lowest BCUT2D eigenvalue weighted by molar-refractivity contribution is -0.236. The molecular formula is C26H28O4. The van der Waals surface area contributed by atoms with Crippen LogP contribution >= 0.6 is 0 Å². The quantitative estimate of drug-likeness (QED) is 0.555. The Morgan fingerprint density at radius 3 is 2.20 bits per heavy atom. The molecule has 0 N–H and O–H groups in total. The van der Waals surface area contributed by atoms with Gasteiger partial charge in [-0.05, 0) is 30.7 Å². The summed E-state index contributed by atoms with van der Waals surface area (Å²) in [5.41, 5.74) is 1.000. The third-order valence-corrected chi connectivity index (χ3v) is 7.76. The van der Waals surface area contributed by atoms with Crippen LogP contribution in [0.25, 0.3) is 0 Å². The van der Waals surface area contributed by atoms with Gasteiger partial charge in [0.15, 0.2) is 17.4 Å². The number of Topliss-reactive ketones (excluding diaryl/α,β-unsaturated/α-hetero) is 2. The minimum atomic E-state index is -0.658. The van der Waals surface area contributed by atoms with Crippen molar-refractivity contribution in [3.05, 3.63) is 71.8 Å². The Morgan fingerprint density at radius 2 is 1.53 bits per heavy atom. The van der Waals surface area contributed by atoms with Crippen molar-refractivity contribution in [2.45, 2.75) is 43.8 Å². The van der Waals surface area contributed by atoms with Gasteiger partial charge in [-0.2, -0.15) is 0 Å². The van der Waals surface area contributed by atoms with Crippen molar-refractivity contribution < 1.29 is 19.1 Å². The van der Waals surface area contributed by atoms with Crippen LogP contribution in [0.5, 0.6) is 0 Å². The molecule has 30 heavy (non-hydrogen) atoms. The molecule has 2 aromatic carbocycles. The van der Waals surface area contributed by atoms with E-state index in [9.17, 15) is 9.59 Å². The highest BCUT2D eigenvalue weighted by Gasteiger charge is 2.63. The Morgan fingerprint density at radius 1 is 0.900 bits per heavy atom. The van der Waals surface area contributed by atoms with Crippen molar-refractivity contribution in [2.75, 3.05) is 13.2 Å². The van der Waals surface area contributed by atoms with Gasteiger partial charge in [0, 0.05) is 17.9 Å². The van der Waals surface area contributed by atoms with E-state index < -0.39 is 17.1 Å². The second-order valence-corrected chi connectivity index (χ2v) is 8.97. The summed E-state index contributed by atoms with van der Waals surface area (Å²) in [5, 5.41) is 0. The van der Waals surface area contributed by atoms with Gasteiger partial charge >= 0.3 is 0 Å². The molecule has 1 spiro atoms. The third-order valence-electron chi connectivity index (χ3n) is 7.76. The lowest BCUT2D eigenvalue weighted by Crippen LogP contribution is -2.61. The zero-order chi connectivity index (χ0) is 20.8. The fourth-order valence-corrected chi connectivity index (χ4v) is 6.28. The molecule has 4 unspecified atom stereocenters. The van der Waals surface area contributed by atoms with E-state index in [1.807, 2.05) is 48.5 Å². The highest BCUT2D eigenvalue weighted by Crippen LogP contribution is 2.58. The van der Waals surface area contributed by atoms with Crippen LogP contribution in [0.1, 0.15) is 48.5 Å². The molecule has 4 atom stereocenters. The number of ketones is 2. The molecule has 1 saturated heterocycles. The van der Waals surface area contributed by atoms with E-state index in [0.29, 0.717) is 38.0 Å². The summed E-state index contributed by atoms with van der Waals surface area (Å²) < 4.78 is 12.2. The van der Waals surface area contributed by atoms with Gasteiger partial charge < -0.3 is 9.47 Å². The van der Waals surface area contributed by atoms with E-state index in [-0.39, 0.29) is 23.4 Å². The number of fused-ring (bicyclic) bond motifs is 1. The molecule has 0 bridgehead atoms. The van der Waals surface area contributed by atoms with Crippen molar-refractivity contribution >= 4 is 11.6 Å². The Kier molecular flexibility index (Phi) is 4.87. The minimum Gasteiger partial charge on any atom is -0.347 e. The first-order chi connectivity index (χ1) is 14.6. The fraction of sp³-hybridized carbons (Fsp3) is 0.462. The molecule has 2 saturated carbocycles. The summed E-state index contributed by atoms with van der Waals surface area (Å²) in [6.45, 7) is 3.39. The van der Waals surface area contributed by atoms with Crippen LogP contribution in [0.2, 0.25) is 0 Å². The zero-order valence-corrected chi connectivity index (χ0v) is 17.4. The van der Waals surface area contributed by atoms with Gasteiger partial charge in [0.1, 0.15) is 0 Å². The molecule has 4 nitrogen and oxygen atoms in total. The van der Waals surface area contributed by atoms with Crippen molar-refractivity contribution in [1.29, 1.82) is 0 Å². The van der Waals surface area contributed by atoms with Gasteiger partial charge in [0.05, 0.1) is 24.5 Å². The molecule has 156 valence electrons. The highest BCUT2D eigenvalue weighted by molar-refractivity contribution is 6.14. The van der Waals surface area contributed by atoms with E-state index >= 15 is 0 Å². The number of ether oxygens (including phenoxy) is 2. The minimum absolute atomic E-state index is 0.0457. The lowest BCUT2D eigenvalue weighted by atomic mass is 9.49. The van der Waals surface area contributed by atoms with Crippen molar-refractivity contribution in [1.82, 2.24) is 0 Å². The molecule has 5 rings (SSSR count). The molecule has 2 aliphatic carbocycles. The van der Waals surface area contributed by atoms with E-state index in [4.69, 9.17) is 9.47 Å². The maximum Gasteiger partial charge on any atom is 0.173 e. The molecule has 3 fully saturated rings. The van der Waals surface area contributed by atoms with Crippen LogP contribution in [-0.2, 0) is 19.7 Å². The first-order valence-electron chi connectivity index (χ1n) is 11.1. The van der Waals surface area contributed by atoms with Crippen LogP contribution in [0, 0.1) is 17.8 Å². The molecule has 1 aliphatic heterocycles. The Balaban J connectivity index is 1.57. The van der Waals surface area contributed by atoms with Crippen LogP contribution in [-0.4, -0.2) is 30.6 Å². The molecule has 2 aromatic rings. The Hall–Kier alpha value is -2.30. The highest BCUT2D eigenvalue weighted by atomic mass is 16.7. The monoisotopic (exact) mass is 404 g/mol. The summed E-state index contributed by atoms with van der Waals surface area (Å²) in [4.78, 5) is 27.5. The van der Waals surface area contributed by atoms with Crippen LogP contribution < -0.4 is 0 Å². The van der Waals surface area contributed by atoms with Gasteiger partial charge in [0.2, 0.25) is 0 Å². The number of carbonyl (C=O) groups is 2. The summed E-state index contributed by atoms with van der Waals surface area (Å²) in [6.07, 6.45) is 2.74.